The minimum atomic E-state index is -0.0811. The van der Waals surface area contributed by atoms with Gasteiger partial charge in [-0.3, -0.25) is 14.8 Å². The van der Waals surface area contributed by atoms with E-state index in [1.165, 1.54) is 32.4 Å². The van der Waals surface area contributed by atoms with E-state index < -0.39 is 0 Å². The molecule has 2 aromatic rings. The maximum absolute atomic E-state index is 12.5. The van der Waals surface area contributed by atoms with Crippen molar-refractivity contribution in [3.05, 3.63) is 48.3 Å². The van der Waals surface area contributed by atoms with Crippen LogP contribution in [0.2, 0.25) is 0 Å². The summed E-state index contributed by atoms with van der Waals surface area (Å²) in [6, 6.07) is 9.21. The fraction of sp³-hybridized carbons (Fsp3) is 0.450. The molecule has 0 radical (unpaired) electrons. The van der Waals surface area contributed by atoms with Gasteiger partial charge in [-0.1, -0.05) is 19.9 Å². The van der Waals surface area contributed by atoms with E-state index in [9.17, 15) is 4.79 Å². The van der Waals surface area contributed by atoms with Crippen molar-refractivity contribution < 1.29 is 4.79 Å². The number of carbonyl (C=O) groups excluding carboxylic acids is 1. The predicted octanol–water partition coefficient (Wildman–Crippen LogP) is 3.39. The molecule has 0 atom stereocenters. The summed E-state index contributed by atoms with van der Waals surface area (Å²) in [6.45, 7) is 4.13. The number of pyridine rings is 2. The van der Waals surface area contributed by atoms with Crippen LogP contribution in [0.1, 0.15) is 43.5 Å². The lowest BCUT2D eigenvalue weighted by Crippen LogP contribution is -2.33. The van der Waals surface area contributed by atoms with Gasteiger partial charge in [-0.25, -0.2) is 0 Å². The molecule has 3 heterocycles. The van der Waals surface area contributed by atoms with Crippen LogP contribution < -0.4 is 5.32 Å². The normalized spacial score (nSPS) is 14.6. The van der Waals surface area contributed by atoms with Gasteiger partial charge in [0, 0.05) is 18.9 Å². The van der Waals surface area contributed by atoms with Gasteiger partial charge in [0.1, 0.15) is 5.69 Å². The van der Waals surface area contributed by atoms with Crippen LogP contribution >= 0.6 is 0 Å². The van der Waals surface area contributed by atoms with Crippen molar-refractivity contribution in [2.75, 3.05) is 26.2 Å². The second kappa shape index (κ2) is 9.89. The first-order valence-corrected chi connectivity index (χ1v) is 8.71. The van der Waals surface area contributed by atoms with Crippen molar-refractivity contribution in [3.63, 3.8) is 0 Å². The third kappa shape index (κ3) is 5.36. The molecule has 1 fully saturated rings. The number of likely N-dealkylation sites (tertiary alicyclic amines) is 1. The smallest absolute Gasteiger partial charge is 0.253 e. The Morgan fingerprint density at radius 1 is 1.04 bits per heavy atom. The van der Waals surface area contributed by atoms with E-state index in [1.807, 2.05) is 18.2 Å². The number of rotatable bonds is 6. The van der Waals surface area contributed by atoms with Gasteiger partial charge < -0.3 is 10.2 Å². The second-order valence-corrected chi connectivity index (χ2v) is 6.13. The Morgan fingerprint density at radius 3 is 2.60 bits per heavy atom. The Kier molecular flexibility index (Phi) is 7.54. The molecule has 5 nitrogen and oxygen atoms in total. The fourth-order valence-electron chi connectivity index (χ4n) is 3.08. The van der Waals surface area contributed by atoms with Crippen LogP contribution in [0.15, 0.2) is 42.7 Å². The Morgan fingerprint density at radius 2 is 1.84 bits per heavy atom. The highest BCUT2D eigenvalue weighted by atomic mass is 16.1. The van der Waals surface area contributed by atoms with Gasteiger partial charge >= 0.3 is 0 Å². The molecule has 0 spiro atoms. The Bertz CT molecular complexity index is 654. The van der Waals surface area contributed by atoms with Gasteiger partial charge in [-0.15, -0.1) is 0 Å². The summed E-state index contributed by atoms with van der Waals surface area (Å²) in [5, 5.41) is 3.02. The Balaban J connectivity index is 0.00000225. The molecular formula is C20H28N4O. The van der Waals surface area contributed by atoms with Crippen LogP contribution in [0.25, 0.3) is 11.4 Å². The Labute approximate surface area is 150 Å². The van der Waals surface area contributed by atoms with Crippen molar-refractivity contribution in [1.29, 1.82) is 0 Å². The topological polar surface area (TPSA) is 58.1 Å². The number of piperidine rings is 1. The Hall–Kier alpha value is -2.27. The van der Waals surface area contributed by atoms with Gasteiger partial charge in [0.2, 0.25) is 0 Å². The van der Waals surface area contributed by atoms with Gasteiger partial charge in [0.25, 0.3) is 5.91 Å². The number of nitrogens with one attached hydrogen (secondary N) is 1. The average Bonchev–Trinajstić information content (AvgIpc) is 2.66. The first kappa shape index (κ1) is 19.1. The summed E-state index contributed by atoms with van der Waals surface area (Å²) in [7, 11) is 0. The molecule has 1 aliphatic heterocycles. The second-order valence-electron chi connectivity index (χ2n) is 6.13. The summed E-state index contributed by atoms with van der Waals surface area (Å²) in [5.74, 6) is -0.0811. The molecule has 5 heteroatoms. The predicted molar refractivity (Wildman–Crippen MR) is 101 cm³/mol. The molecule has 3 rings (SSSR count). The number of aromatic nitrogens is 2. The van der Waals surface area contributed by atoms with E-state index in [2.05, 4.69) is 20.2 Å². The van der Waals surface area contributed by atoms with E-state index in [0.29, 0.717) is 17.8 Å². The van der Waals surface area contributed by atoms with Crippen LogP contribution in [0.5, 0.6) is 0 Å². The molecule has 1 amide bonds. The van der Waals surface area contributed by atoms with Crippen LogP contribution in [0, 0.1) is 0 Å². The monoisotopic (exact) mass is 340 g/mol. The maximum Gasteiger partial charge on any atom is 0.253 e. The summed E-state index contributed by atoms with van der Waals surface area (Å²) >= 11 is 0. The summed E-state index contributed by atoms with van der Waals surface area (Å²) in [6.07, 6.45) is 8.34. The molecule has 0 bridgehead atoms. The van der Waals surface area contributed by atoms with Crippen molar-refractivity contribution in [2.45, 2.75) is 33.1 Å². The van der Waals surface area contributed by atoms with Crippen molar-refractivity contribution in [3.8, 4) is 11.4 Å². The van der Waals surface area contributed by atoms with Crippen LogP contribution in [0.3, 0.4) is 0 Å². The molecule has 1 aliphatic rings. The molecular weight excluding hydrogens is 312 g/mol. The maximum atomic E-state index is 12.5. The molecule has 2 aromatic heterocycles. The van der Waals surface area contributed by atoms with E-state index >= 15 is 0 Å². The molecule has 1 N–H and O–H groups in total. The molecule has 25 heavy (non-hydrogen) atoms. The van der Waals surface area contributed by atoms with E-state index in [0.717, 1.165) is 18.7 Å². The minimum absolute atomic E-state index is 0. The van der Waals surface area contributed by atoms with E-state index in [-0.39, 0.29) is 13.3 Å². The molecule has 0 saturated carbocycles. The first-order chi connectivity index (χ1) is 11.8. The van der Waals surface area contributed by atoms with Gasteiger partial charge in [0.05, 0.1) is 11.3 Å². The molecule has 1 saturated heterocycles. The molecule has 0 unspecified atom stereocenters. The number of carbonyl (C=O) groups is 1. The van der Waals surface area contributed by atoms with E-state index in [1.54, 1.807) is 24.5 Å². The minimum Gasteiger partial charge on any atom is -0.352 e. The highest BCUT2D eigenvalue weighted by Crippen LogP contribution is 2.18. The average molecular weight is 340 g/mol. The van der Waals surface area contributed by atoms with Gasteiger partial charge in [-0.05, 0) is 63.2 Å². The summed E-state index contributed by atoms with van der Waals surface area (Å²) in [4.78, 5) is 23.6. The van der Waals surface area contributed by atoms with Crippen molar-refractivity contribution in [2.24, 2.45) is 0 Å². The van der Waals surface area contributed by atoms with Crippen LogP contribution in [-0.4, -0.2) is 47.0 Å². The third-order valence-corrected chi connectivity index (χ3v) is 4.35. The molecule has 0 aliphatic carbocycles. The number of hydrogen-bond donors (Lipinski definition) is 1. The van der Waals surface area contributed by atoms with Gasteiger partial charge in [0.15, 0.2) is 0 Å². The lowest BCUT2D eigenvalue weighted by molar-refractivity contribution is 0.0951. The molecule has 134 valence electrons. The summed E-state index contributed by atoms with van der Waals surface area (Å²) < 4.78 is 0. The van der Waals surface area contributed by atoms with Crippen molar-refractivity contribution in [1.82, 2.24) is 20.2 Å². The third-order valence-electron chi connectivity index (χ3n) is 4.35. The zero-order valence-electron chi connectivity index (χ0n) is 13.9. The summed E-state index contributed by atoms with van der Waals surface area (Å²) in [5.41, 5.74) is 1.93. The number of amides is 1. The number of nitrogens with zero attached hydrogens (tertiary/aromatic N) is 3. The lowest BCUT2D eigenvalue weighted by atomic mass is 10.1. The van der Waals surface area contributed by atoms with Crippen molar-refractivity contribution >= 4 is 5.91 Å². The van der Waals surface area contributed by atoms with Gasteiger partial charge in [-0.2, -0.15) is 0 Å². The van der Waals surface area contributed by atoms with Crippen LogP contribution in [0.4, 0.5) is 0 Å². The zero-order chi connectivity index (χ0) is 16.6. The van der Waals surface area contributed by atoms with Crippen LogP contribution in [-0.2, 0) is 0 Å². The quantitative estimate of drug-likeness (QED) is 0.819. The standard InChI is InChI=1S/C19H24N4O.CH4/c24-19(22-12-7-15-23-13-4-1-5-14-23)16-8-6-11-21-18(16)17-9-2-3-10-20-17;/h2-3,6,8-11H,1,4-5,7,12-15H2,(H,22,24);1H4. The fourth-order valence-corrected chi connectivity index (χ4v) is 3.08. The highest BCUT2D eigenvalue weighted by Gasteiger charge is 2.14. The zero-order valence-corrected chi connectivity index (χ0v) is 13.9. The number of hydrogen-bond acceptors (Lipinski definition) is 4. The lowest BCUT2D eigenvalue weighted by Gasteiger charge is -2.26. The highest BCUT2D eigenvalue weighted by molar-refractivity contribution is 5.99. The molecule has 0 aromatic carbocycles. The SMILES string of the molecule is C.O=C(NCCCN1CCCCC1)c1cccnc1-c1ccccn1. The first-order valence-electron chi connectivity index (χ1n) is 8.71. The largest absolute Gasteiger partial charge is 0.352 e. The van der Waals surface area contributed by atoms with E-state index in [4.69, 9.17) is 0 Å².